The minimum atomic E-state index is 0.191. The fourth-order valence-electron chi connectivity index (χ4n) is 1.59. The highest BCUT2D eigenvalue weighted by Gasteiger charge is 1.96. The van der Waals surface area contributed by atoms with E-state index >= 15 is 0 Å². The first-order valence-electron chi connectivity index (χ1n) is 5.91. The van der Waals surface area contributed by atoms with Crippen molar-refractivity contribution in [2.45, 2.75) is 6.92 Å². The molecule has 0 aliphatic rings. The van der Waals surface area contributed by atoms with Crippen molar-refractivity contribution in [2.75, 3.05) is 0 Å². The lowest BCUT2D eigenvalue weighted by Crippen LogP contribution is -1.74. The fourth-order valence-corrected chi connectivity index (χ4v) is 1.72. The van der Waals surface area contributed by atoms with E-state index in [0.717, 1.165) is 16.1 Å². The number of hydrogen-bond donors (Lipinski definition) is 1. The summed E-state index contributed by atoms with van der Waals surface area (Å²) in [4.78, 5) is 4.19. The molecule has 0 heterocycles. The van der Waals surface area contributed by atoms with Gasteiger partial charge in [0.2, 0.25) is 0 Å². The van der Waals surface area contributed by atoms with Gasteiger partial charge in [-0.25, -0.2) is 0 Å². The number of allylic oxidation sites excluding steroid dienone is 1. The second kappa shape index (κ2) is 6.21. The van der Waals surface area contributed by atoms with Crippen LogP contribution in [0.5, 0.6) is 5.75 Å². The van der Waals surface area contributed by atoms with Crippen LogP contribution in [-0.2, 0) is 0 Å². The zero-order chi connectivity index (χ0) is 13.7. The molecule has 96 valence electrons. The van der Waals surface area contributed by atoms with Crippen LogP contribution in [0.25, 0.3) is 6.08 Å². The monoisotopic (exact) mass is 271 g/mol. The molecule has 0 spiro atoms. The molecule has 2 aromatic rings. The van der Waals surface area contributed by atoms with Crippen LogP contribution in [0.15, 0.2) is 53.5 Å². The minimum Gasteiger partial charge on any atom is -0.506 e. The third-order valence-corrected chi connectivity index (χ3v) is 2.84. The van der Waals surface area contributed by atoms with Crippen LogP contribution in [0, 0.1) is 6.92 Å². The third-order valence-electron chi connectivity index (χ3n) is 2.59. The van der Waals surface area contributed by atoms with Gasteiger partial charge >= 0.3 is 0 Å². The Morgan fingerprint density at radius 1 is 1.11 bits per heavy atom. The van der Waals surface area contributed by atoms with Crippen molar-refractivity contribution in [2.24, 2.45) is 4.99 Å². The first-order chi connectivity index (χ1) is 9.15. The molecule has 0 saturated carbocycles. The lowest BCUT2D eigenvalue weighted by molar-refractivity contribution is 0.476. The molecule has 0 aliphatic carbocycles. The zero-order valence-electron chi connectivity index (χ0n) is 10.5. The Kier molecular flexibility index (Phi) is 4.37. The number of phenolic OH excluding ortho intramolecular Hbond substituents is 1. The molecule has 0 bridgehead atoms. The van der Waals surface area contributed by atoms with Crippen LogP contribution >= 0.6 is 11.6 Å². The smallest absolute Gasteiger partial charge is 0.141 e. The number of aliphatic imine (C=N–C) groups is 1. The number of aromatic hydroxyl groups is 1. The number of aryl methyl sites for hydroxylation is 1. The SMILES string of the molecule is Cc1ccc(N=C/C=C/c2ccc(Cl)cc2)c(O)c1. The minimum absolute atomic E-state index is 0.191. The van der Waals surface area contributed by atoms with Crippen LogP contribution in [0.3, 0.4) is 0 Å². The highest BCUT2D eigenvalue weighted by atomic mass is 35.5. The molecule has 19 heavy (non-hydrogen) atoms. The second-order valence-corrected chi connectivity index (χ2v) is 4.62. The molecule has 0 fully saturated rings. The maximum absolute atomic E-state index is 9.69. The predicted octanol–water partition coefficient (Wildman–Crippen LogP) is 4.77. The molecular formula is C16H14ClNO. The Morgan fingerprint density at radius 2 is 1.84 bits per heavy atom. The average molecular weight is 272 g/mol. The second-order valence-electron chi connectivity index (χ2n) is 4.18. The van der Waals surface area contributed by atoms with E-state index in [0.29, 0.717) is 5.69 Å². The summed E-state index contributed by atoms with van der Waals surface area (Å²) in [7, 11) is 0. The molecule has 0 radical (unpaired) electrons. The van der Waals surface area contributed by atoms with Crippen LogP contribution in [-0.4, -0.2) is 11.3 Å². The van der Waals surface area contributed by atoms with Crippen molar-refractivity contribution in [1.82, 2.24) is 0 Å². The normalized spacial score (nSPS) is 11.5. The van der Waals surface area contributed by atoms with Crippen LogP contribution in [0.4, 0.5) is 5.69 Å². The maximum Gasteiger partial charge on any atom is 0.141 e. The summed E-state index contributed by atoms with van der Waals surface area (Å²) in [6.45, 7) is 1.92. The van der Waals surface area contributed by atoms with Gasteiger partial charge in [-0.15, -0.1) is 0 Å². The van der Waals surface area contributed by atoms with E-state index in [4.69, 9.17) is 11.6 Å². The van der Waals surface area contributed by atoms with Gasteiger partial charge in [-0.1, -0.05) is 35.9 Å². The van der Waals surface area contributed by atoms with Gasteiger partial charge in [0.15, 0.2) is 0 Å². The number of rotatable bonds is 3. The molecule has 0 aliphatic heterocycles. The zero-order valence-corrected chi connectivity index (χ0v) is 11.3. The van der Waals surface area contributed by atoms with Gasteiger partial charge < -0.3 is 5.11 Å². The van der Waals surface area contributed by atoms with Gasteiger partial charge in [0.25, 0.3) is 0 Å². The van der Waals surface area contributed by atoms with Gasteiger partial charge in [0.1, 0.15) is 11.4 Å². The first kappa shape index (κ1) is 13.4. The molecule has 0 atom stereocenters. The van der Waals surface area contributed by atoms with Crippen molar-refractivity contribution in [3.63, 3.8) is 0 Å². The molecule has 0 amide bonds. The van der Waals surface area contributed by atoms with Crippen molar-refractivity contribution < 1.29 is 5.11 Å². The van der Waals surface area contributed by atoms with E-state index in [1.54, 1.807) is 18.3 Å². The third kappa shape index (κ3) is 3.97. The van der Waals surface area contributed by atoms with Crippen molar-refractivity contribution in [1.29, 1.82) is 0 Å². The Bertz CT molecular complexity index is 615. The summed E-state index contributed by atoms with van der Waals surface area (Å²) in [5.74, 6) is 0.191. The van der Waals surface area contributed by atoms with E-state index in [-0.39, 0.29) is 5.75 Å². The van der Waals surface area contributed by atoms with Crippen molar-refractivity contribution in [3.8, 4) is 5.75 Å². The Balaban J connectivity index is 2.05. The quantitative estimate of drug-likeness (QED) is 0.802. The summed E-state index contributed by atoms with van der Waals surface area (Å²) in [6.07, 6.45) is 5.40. The van der Waals surface area contributed by atoms with E-state index < -0.39 is 0 Å². The molecule has 3 heteroatoms. The molecule has 0 aromatic heterocycles. The largest absolute Gasteiger partial charge is 0.506 e. The van der Waals surface area contributed by atoms with Crippen LogP contribution in [0.1, 0.15) is 11.1 Å². The molecule has 2 nitrogen and oxygen atoms in total. The maximum atomic E-state index is 9.69. The lowest BCUT2D eigenvalue weighted by atomic mass is 10.2. The van der Waals surface area contributed by atoms with E-state index in [1.807, 2.05) is 49.4 Å². The van der Waals surface area contributed by atoms with E-state index in [2.05, 4.69) is 4.99 Å². The molecule has 0 unspecified atom stereocenters. The summed E-state index contributed by atoms with van der Waals surface area (Å²) < 4.78 is 0. The van der Waals surface area contributed by atoms with Crippen LogP contribution in [0.2, 0.25) is 5.02 Å². The molecule has 2 aromatic carbocycles. The highest BCUT2D eigenvalue weighted by molar-refractivity contribution is 6.30. The van der Waals surface area contributed by atoms with Gasteiger partial charge in [-0.3, -0.25) is 4.99 Å². The summed E-state index contributed by atoms with van der Waals surface area (Å²) in [5.41, 5.74) is 2.61. The van der Waals surface area contributed by atoms with Gasteiger partial charge in [0.05, 0.1) is 0 Å². The Morgan fingerprint density at radius 3 is 2.53 bits per heavy atom. The van der Waals surface area contributed by atoms with E-state index in [9.17, 15) is 5.11 Å². The number of benzene rings is 2. The standard InChI is InChI=1S/C16H14ClNO/c1-12-4-9-15(16(19)11-12)18-10-2-3-13-5-7-14(17)8-6-13/h2-11,19H,1H3/b3-2+,18-10?. The number of hydrogen-bond acceptors (Lipinski definition) is 2. The first-order valence-corrected chi connectivity index (χ1v) is 6.29. The molecular weight excluding hydrogens is 258 g/mol. The van der Waals surface area contributed by atoms with Crippen LogP contribution < -0.4 is 0 Å². The average Bonchev–Trinajstić information content (AvgIpc) is 2.39. The Hall–Kier alpha value is -2.06. The summed E-state index contributed by atoms with van der Waals surface area (Å²) >= 11 is 5.80. The van der Waals surface area contributed by atoms with Crippen molar-refractivity contribution >= 4 is 29.6 Å². The summed E-state index contributed by atoms with van der Waals surface area (Å²) in [5, 5.41) is 10.4. The topological polar surface area (TPSA) is 32.6 Å². The fraction of sp³-hybridized carbons (Fsp3) is 0.0625. The predicted molar refractivity (Wildman–Crippen MR) is 81.5 cm³/mol. The van der Waals surface area contributed by atoms with Gasteiger partial charge in [0, 0.05) is 11.2 Å². The number of halogens is 1. The summed E-state index contributed by atoms with van der Waals surface area (Å²) in [6, 6.07) is 12.9. The van der Waals surface area contributed by atoms with Gasteiger partial charge in [-0.05, 0) is 48.4 Å². The number of nitrogens with zero attached hydrogens (tertiary/aromatic N) is 1. The Labute approximate surface area is 117 Å². The molecule has 2 rings (SSSR count). The van der Waals surface area contributed by atoms with Crippen molar-refractivity contribution in [3.05, 3.63) is 64.7 Å². The molecule has 0 saturated heterocycles. The lowest BCUT2D eigenvalue weighted by Gasteiger charge is -1.98. The van der Waals surface area contributed by atoms with E-state index in [1.165, 1.54) is 0 Å². The highest BCUT2D eigenvalue weighted by Crippen LogP contribution is 2.26. The van der Waals surface area contributed by atoms with Gasteiger partial charge in [-0.2, -0.15) is 0 Å². The number of phenols is 1. The molecule has 1 N–H and O–H groups in total.